The van der Waals surface area contributed by atoms with Crippen LogP contribution in [0, 0.1) is 0 Å². The van der Waals surface area contributed by atoms with Gasteiger partial charge in [0.05, 0.1) is 23.6 Å². The monoisotopic (exact) mass is 357 g/mol. The number of fused-ring (bicyclic) bond motifs is 1. The Bertz CT molecular complexity index is 1060. The van der Waals surface area contributed by atoms with Gasteiger partial charge in [0.25, 0.3) is 0 Å². The molecule has 4 aromatic rings. The van der Waals surface area contributed by atoms with Crippen LogP contribution in [0.1, 0.15) is 24.3 Å². The van der Waals surface area contributed by atoms with Gasteiger partial charge in [0.1, 0.15) is 6.33 Å². The Morgan fingerprint density at radius 3 is 2.89 bits per heavy atom. The molecule has 1 saturated heterocycles. The second kappa shape index (κ2) is 6.71. The molecule has 0 bridgehead atoms. The number of furan rings is 1. The van der Waals surface area contributed by atoms with Crippen LogP contribution in [0.25, 0.3) is 27.8 Å². The molecule has 0 saturated carbocycles. The minimum Gasteiger partial charge on any atom is -0.472 e. The number of hydrogen-bond donors (Lipinski definition) is 0. The van der Waals surface area contributed by atoms with Gasteiger partial charge in [-0.2, -0.15) is 0 Å². The molecule has 2 aromatic carbocycles. The summed E-state index contributed by atoms with van der Waals surface area (Å²) < 4.78 is 7.39. The zero-order chi connectivity index (χ0) is 18.2. The number of imidazole rings is 1. The maximum Gasteiger partial charge on any atom is 0.100 e. The Balaban J connectivity index is 1.51. The number of nitrogens with zero attached hydrogens (tertiary/aromatic N) is 3. The van der Waals surface area contributed by atoms with Crippen molar-refractivity contribution in [3.05, 3.63) is 72.9 Å². The van der Waals surface area contributed by atoms with E-state index in [1.54, 1.807) is 12.5 Å². The third kappa shape index (κ3) is 3.06. The molecule has 1 aliphatic rings. The maximum absolute atomic E-state index is 5.20. The molecular weight excluding hydrogens is 334 g/mol. The van der Waals surface area contributed by atoms with E-state index >= 15 is 0 Å². The van der Waals surface area contributed by atoms with Gasteiger partial charge in [-0.1, -0.05) is 18.2 Å². The number of piperidine rings is 1. The van der Waals surface area contributed by atoms with Crippen LogP contribution in [-0.4, -0.2) is 34.6 Å². The Hall–Kier alpha value is -2.85. The predicted molar refractivity (Wildman–Crippen MR) is 108 cm³/mol. The highest BCUT2D eigenvalue weighted by Crippen LogP contribution is 2.29. The highest BCUT2D eigenvalue weighted by Gasteiger charge is 2.19. The van der Waals surface area contributed by atoms with Gasteiger partial charge in [-0.3, -0.25) is 4.57 Å². The van der Waals surface area contributed by atoms with E-state index in [1.165, 1.54) is 30.6 Å². The summed E-state index contributed by atoms with van der Waals surface area (Å²) in [4.78, 5) is 7.08. The van der Waals surface area contributed by atoms with Crippen LogP contribution in [0.2, 0.25) is 0 Å². The summed E-state index contributed by atoms with van der Waals surface area (Å²) in [5.74, 6) is 0.617. The lowest BCUT2D eigenvalue weighted by Crippen LogP contribution is -2.30. The summed E-state index contributed by atoms with van der Waals surface area (Å²) in [5.41, 5.74) is 6.93. The Morgan fingerprint density at radius 1 is 1.07 bits per heavy atom. The number of hydrogen-bond acceptors (Lipinski definition) is 3. The Labute approximate surface area is 159 Å². The molecular formula is C23H23N3O. The third-order valence-electron chi connectivity index (χ3n) is 5.65. The van der Waals surface area contributed by atoms with E-state index in [2.05, 4.69) is 64.0 Å². The molecule has 0 radical (unpaired) electrons. The maximum atomic E-state index is 5.20. The number of benzene rings is 2. The topological polar surface area (TPSA) is 34.2 Å². The van der Waals surface area contributed by atoms with Crippen molar-refractivity contribution in [3.8, 4) is 16.8 Å². The fraction of sp³-hybridized carbons (Fsp3) is 0.261. The minimum atomic E-state index is 0.617. The SMILES string of the molecule is CN1CCCC(c2cccc(-n3cnc4cc(-c5ccoc5)ccc43)c2)C1. The highest BCUT2D eigenvalue weighted by atomic mass is 16.3. The molecule has 27 heavy (non-hydrogen) atoms. The molecule has 1 atom stereocenters. The molecule has 4 nitrogen and oxygen atoms in total. The zero-order valence-electron chi connectivity index (χ0n) is 15.5. The van der Waals surface area contributed by atoms with Crippen molar-refractivity contribution in [2.75, 3.05) is 20.1 Å². The quantitative estimate of drug-likeness (QED) is 0.512. The fourth-order valence-corrected chi connectivity index (χ4v) is 4.19. The van der Waals surface area contributed by atoms with E-state index in [0.717, 1.165) is 28.7 Å². The van der Waals surface area contributed by atoms with Crippen molar-refractivity contribution in [2.24, 2.45) is 0 Å². The van der Waals surface area contributed by atoms with Crippen LogP contribution in [-0.2, 0) is 0 Å². The molecule has 4 heteroatoms. The van der Waals surface area contributed by atoms with Gasteiger partial charge in [-0.25, -0.2) is 4.98 Å². The average Bonchev–Trinajstić information content (AvgIpc) is 3.37. The van der Waals surface area contributed by atoms with Crippen LogP contribution in [0.15, 0.2) is 71.8 Å². The lowest BCUT2D eigenvalue weighted by molar-refractivity contribution is 0.251. The molecule has 0 aliphatic carbocycles. The van der Waals surface area contributed by atoms with Crippen molar-refractivity contribution in [2.45, 2.75) is 18.8 Å². The van der Waals surface area contributed by atoms with Crippen LogP contribution in [0.4, 0.5) is 0 Å². The van der Waals surface area contributed by atoms with Crippen LogP contribution >= 0.6 is 0 Å². The first-order chi connectivity index (χ1) is 13.3. The van der Waals surface area contributed by atoms with Crippen molar-refractivity contribution in [1.29, 1.82) is 0 Å². The first kappa shape index (κ1) is 16.3. The summed E-state index contributed by atoms with van der Waals surface area (Å²) >= 11 is 0. The van der Waals surface area contributed by atoms with E-state index in [1.807, 2.05) is 12.4 Å². The van der Waals surface area contributed by atoms with Gasteiger partial charge in [0.2, 0.25) is 0 Å². The normalized spacial score (nSPS) is 18.2. The first-order valence-electron chi connectivity index (χ1n) is 9.56. The number of likely N-dealkylation sites (tertiary alicyclic amines) is 1. The van der Waals surface area contributed by atoms with Crippen molar-refractivity contribution < 1.29 is 4.42 Å². The largest absolute Gasteiger partial charge is 0.472 e. The van der Waals surface area contributed by atoms with E-state index in [-0.39, 0.29) is 0 Å². The highest BCUT2D eigenvalue weighted by molar-refractivity contribution is 5.83. The van der Waals surface area contributed by atoms with Crippen LogP contribution in [0.5, 0.6) is 0 Å². The van der Waals surface area contributed by atoms with Crippen LogP contribution in [0.3, 0.4) is 0 Å². The lowest BCUT2D eigenvalue weighted by Gasteiger charge is -2.30. The van der Waals surface area contributed by atoms with Crippen LogP contribution < -0.4 is 0 Å². The average molecular weight is 357 g/mol. The molecule has 0 amide bonds. The fourth-order valence-electron chi connectivity index (χ4n) is 4.19. The van der Waals surface area contributed by atoms with Crippen molar-refractivity contribution in [1.82, 2.24) is 14.5 Å². The molecule has 3 heterocycles. The summed E-state index contributed by atoms with van der Waals surface area (Å²) in [6.07, 6.45) is 7.94. The van der Waals surface area contributed by atoms with Gasteiger partial charge in [0, 0.05) is 17.8 Å². The second-order valence-electron chi connectivity index (χ2n) is 7.53. The van der Waals surface area contributed by atoms with Gasteiger partial charge in [-0.05, 0) is 73.8 Å². The molecule has 136 valence electrons. The van der Waals surface area contributed by atoms with E-state index in [4.69, 9.17) is 4.42 Å². The molecule has 1 aliphatic heterocycles. The molecule has 0 spiro atoms. The number of likely N-dealkylation sites (N-methyl/N-ethyl adjacent to an activating group) is 1. The van der Waals surface area contributed by atoms with Gasteiger partial charge in [-0.15, -0.1) is 0 Å². The number of rotatable bonds is 3. The van der Waals surface area contributed by atoms with Crippen molar-refractivity contribution in [3.63, 3.8) is 0 Å². The zero-order valence-corrected chi connectivity index (χ0v) is 15.5. The molecule has 2 aromatic heterocycles. The third-order valence-corrected chi connectivity index (χ3v) is 5.65. The molecule has 1 fully saturated rings. The standard InChI is InChI=1S/C23H23N3O/c1-25-10-3-5-19(14-25)17-4-2-6-21(12-17)26-16-24-22-13-18(7-8-23(22)26)20-9-11-27-15-20/h2,4,6-9,11-13,15-16,19H,3,5,10,14H2,1H3. The molecule has 1 unspecified atom stereocenters. The van der Waals surface area contributed by atoms with Crippen molar-refractivity contribution >= 4 is 11.0 Å². The summed E-state index contributed by atoms with van der Waals surface area (Å²) in [7, 11) is 2.22. The lowest BCUT2D eigenvalue weighted by atomic mass is 9.90. The first-order valence-corrected chi connectivity index (χ1v) is 9.56. The Kier molecular flexibility index (Phi) is 4.06. The van der Waals surface area contributed by atoms with E-state index in [0.29, 0.717) is 5.92 Å². The minimum absolute atomic E-state index is 0.617. The van der Waals surface area contributed by atoms with Gasteiger partial charge < -0.3 is 9.32 Å². The second-order valence-corrected chi connectivity index (χ2v) is 7.53. The summed E-state index contributed by atoms with van der Waals surface area (Å²) in [6.45, 7) is 2.35. The van der Waals surface area contributed by atoms with Gasteiger partial charge in [0.15, 0.2) is 0 Å². The molecule has 5 rings (SSSR count). The number of aromatic nitrogens is 2. The van der Waals surface area contributed by atoms with E-state index < -0.39 is 0 Å². The Morgan fingerprint density at radius 2 is 2.04 bits per heavy atom. The van der Waals surface area contributed by atoms with E-state index in [9.17, 15) is 0 Å². The molecule has 0 N–H and O–H groups in total. The summed E-state index contributed by atoms with van der Waals surface area (Å²) in [5, 5.41) is 0. The predicted octanol–water partition coefficient (Wildman–Crippen LogP) is 5.09. The summed E-state index contributed by atoms with van der Waals surface area (Å²) in [6, 6.07) is 17.3. The smallest absolute Gasteiger partial charge is 0.100 e. The van der Waals surface area contributed by atoms with Gasteiger partial charge >= 0.3 is 0 Å².